The molecule has 0 aliphatic carbocycles. The average Bonchev–Trinajstić information content (AvgIpc) is 3.63. The van der Waals surface area contributed by atoms with E-state index in [9.17, 15) is 14.7 Å². The standard InChI is InChI=1S/C28H34N8O3S/c1-4-34(5-2)17(16-37)13-19-18(25(29)38)14-22(33-26(19)35-10-9-23(35)28(39)30-3)20-15-31-36-11-8-21(32-27(20)36)24-7-6-12-40-24/h6-8,11-12,14-15,17,23,37H,4-5,9-10,13,16H2,1-3H3,(H2,29,38)(H,30,39)/t17-,23+/m1/s1. The Bertz CT molecular complexity index is 1520. The summed E-state index contributed by atoms with van der Waals surface area (Å²) in [6.45, 7) is 6.04. The van der Waals surface area contributed by atoms with Gasteiger partial charge in [0.25, 0.3) is 0 Å². The zero-order chi connectivity index (χ0) is 28.4. The van der Waals surface area contributed by atoms with Crippen molar-refractivity contribution in [3.8, 4) is 21.8 Å². The smallest absolute Gasteiger partial charge is 0.249 e. The summed E-state index contributed by atoms with van der Waals surface area (Å²) in [5.41, 5.74) is 9.44. The first-order chi connectivity index (χ1) is 19.4. The molecule has 1 saturated heterocycles. The van der Waals surface area contributed by atoms with Crippen LogP contribution in [0.15, 0.2) is 42.0 Å². The molecular weight excluding hydrogens is 528 g/mol. The molecule has 1 aliphatic heterocycles. The van der Waals surface area contributed by atoms with Crippen LogP contribution in [0.1, 0.15) is 36.2 Å². The molecule has 0 radical (unpaired) electrons. The number of nitrogens with zero attached hydrogens (tertiary/aromatic N) is 6. The highest BCUT2D eigenvalue weighted by Crippen LogP contribution is 2.36. The first kappa shape index (κ1) is 27.7. The molecule has 1 fully saturated rings. The zero-order valence-corrected chi connectivity index (χ0v) is 23.7. The first-order valence-corrected chi connectivity index (χ1v) is 14.3. The quantitative estimate of drug-likeness (QED) is 0.253. The van der Waals surface area contributed by atoms with Crippen molar-refractivity contribution in [1.29, 1.82) is 0 Å². The third kappa shape index (κ3) is 5.05. The van der Waals surface area contributed by atoms with Crippen LogP contribution in [0, 0.1) is 0 Å². The monoisotopic (exact) mass is 562 g/mol. The Morgan fingerprint density at radius 3 is 2.65 bits per heavy atom. The maximum atomic E-state index is 12.9. The molecule has 2 amide bonds. The number of primary amides is 1. The number of aliphatic hydroxyl groups is 1. The van der Waals surface area contributed by atoms with Crippen LogP contribution in [0.2, 0.25) is 0 Å². The van der Waals surface area contributed by atoms with E-state index in [-0.39, 0.29) is 18.6 Å². The summed E-state index contributed by atoms with van der Waals surface area (Å²) in [5.74, 6) is -0.201. The molecule has 5 heterocycles. The largest absolute Gasteiger partial charge is 0.395 e. The number of carbonyl (C=O) groups excluding carboxylic acids is 2. The summed E-state index contributed by atoms with van der Waals surface area (Å²) in [5, 5.41) is 19.5. The number of anilines is 1. The van der Waals surface area contributed by atoms with Gasteiger partial charge in [0, 0.05) is 37.0 Å². The molecular formula is C28H34N8O3S. The fourth-order valence-corrected chi connectivity index (χ4v) is 6.03. The minimum atomic E-state index is -0.600. The van der Waals surface area contributed by atoms with Crippen molar-refractivity contribution in [3.05, 3.63) is 53.2 Å². The molecule has 5 rings (SSSR count). The van der Waals surface area contributed by atoms with E-state index in [1.165, 1.54) is 0 Å². The van der Waals surface area contributed by atoms with Crippen LogP contribution in [-0.4, -0.2) is 86.8 Å². The molecule has 2 atom stereocenters. The normalized spacial score (nSPS) is 15.8. The fraction of sp³-hybridized carbons (Fsp3) is 0.393. The number of nitrogens with two attached hydrogens (primary N) is 1. The zero-order valence-electron chi connectivity index (χ0n) is 22.9. The molecule has 1 aliphatic rings. The molecule has 0 spiro atoms. The molecule has 0 bridgehead atoms. The predicted octanol–water partition coefficient (Wildman–Crippen LogP) is 2.19. The van der Waals surface area contributed by atoms with Crippen molar-refractivity contribution in [2.45, 2.75) is 38.8 Å². The van der Waals surface area contributed by atoms with Gasteiger partial charge in [-0.2, -0.15) is 5.10 Å². The van der Waals surface area contributed by atoms with Crippen LogP contribution in [0.25, 0.3) is 27.5 Å². The van der Waals surface area contributed by atoms with Gasteiger partial charge in [0.1, 0.15) is 11.9 Å². The lowest BCUT2D eigenvalue weighted by molar-refractivity contribution is -0.123. The van der Waals surface area contributed by atoms with Crippen LogP contribution >= 0.6 is 11.3 Å². The van der Waals surface area contributed by atoms with E-state index in [1.807, 2.05) is 48.5 Å². The molecule has 0 aromatic carbocycles. The van der Waals surface area contributed by atoms with Gasteiger partial charge in [0.2, 0.25) is 11.8 Å². The topological polar surface area (TPSA) is 142 Å². The van der Waals surface area contributed by atoms with Crippen LogP contribution in [0.3, 0.4) is 0 Å². The minimum Gasteiger partial charge on any atom is -0.395 e. The Morgan fingerprint density at radius 1 is 1.25 bits per heavy atom. The van der Waals surface area contributed by atoms with E-state index in [0.717, 1.165) is 23.7 Å². The SMILES string of the molecule is CCN(CC)[C@@H](CO)Cc1c(C(N)=O)cc(-c2cnn3ccc(-c4cccs4)nc23)nc1N1CC[C@H]1C(=O)NC. The van der Waals surface area contributed by atoms with Gasteiger partial charge in [-0.3, -0.25) is 14.5 Å². The molecule has 4 aromatic rings. The van der Waals surface area contributed by atoms with E-state index in [2.05, 4.69) is 15.3 Å². The number of nitrogens with one attached hydrogen (secondary N) is 1. The van der Waals surface area contributed by atoms with Gasteiger partial charge in [-0.25, -0.2) is 14.5 Å². The van der Waals surface area contributed by atoms with E-state index >= 15 is 0 Å². The summed E-state index contributed by atoms with van der Waals surface area (Å²) in [7, 11) is 1.61. The number of hydrogen-bond acceptors (Lipinski definition) is 9. The lowest BCUT2D eigenvalue weighted by Crippen LogP contribution is -2.56. The van der Waals surface area contributed by atoms with Crippen LogP contribution < -0.4 is 16.0 Å². The number of likely N-dealkylation sites (N-methyl/N-ethyl adjacent to an activating group) is 2. The number of rotatable bonds is 11. The highest BCUT2D eigenvalue weighted by molar-refractivity contribution is 7.13. The van der Waals surface area contributed by atoms with Gasteiger partial charge in [-0.1, -0.05) is 19.9 Å². The van der Waals surface area contributed by atoms with Gasteiger partial charge < -0.3 is 21.1 Å². The Kier molecular flexibility index (Phi) is 8.10. The van der Waals surface area contributed by atoms with Crippen molar-refractivity contribution >= 4 is 34.6 Å². The molecule has 0 unspecified atom stereocenters. The van der Waals surface area contributed by atoms with Crippen LogP contribution in [0.4, 0.5) is 5.82 Å². The predicted molar refractivity (Wildman–Crippen MR) is 155 cm³/mol. The summed E-state index contributed by atoms with van der Waals surface area (Å²) in [4.78, 5) is 40.6. The Labute approximate surface area is 236 Å². The number of fused-ring (bicyclic) bond motifs is 1. The highest BCUT2D eigenvalue weighted by atomic mass is 32.1. The molecule has 4 aromatic heterocycles. The minimum absolute atomic E-state index is 0.0938. The van der Waals surface area contributed by atoms with Gasteiger partial charge in [0.15, 0.2) is 5.65 Å². The second-order valence-corrected chi connectivity index (χ2v) is 10.7. The third-order valence-electron chi connectivity index (χ3n) is 7.61. The second kappa shape index (κ2) is 11.7. The number of aromatic nitrogens is 4. The highest BCUT2D eigenvalue weighted by Gasteiger charge is 2.37. The lowest BCUT2D eigenvalue weighted by Gasteiger charge is -2.42. The van der Waals surface area contributed by atoms with E-state index < -0.39 is 11.9 Å². The average molecular weight is 563 g/mol. The van der Waals surface area contributed by atoms with Crippen molar-refractivity contribution in [1.82, 2.24) is 29.8 Å². The van der Waals surface area contributed by atoms with Crippen LogP contribution in [0.5, 0.6) is 0 Å². The van der Waals surface area contributed by atoms with Crippen molar-refractivity contribution < 1.29 is 14.7 Å². The molecule has 4 N–H and O–H groups in total. The Morgan fingerprint density at radius 2 is 2.05 bits per heavy atom. The molecule has 11 nitrogen and oxygen atoms in total. The summed E-state index contributed by atoms with van der Waals surface area (Å²) < 4.78 is 1.67. The fourth-order valence-electron chi connectivity index (χ4n) is 5.33. The summed E-state index contributed by atoms with van der Waals surface area (Å²) in [6, 6.07) is 6.91. The molecule has 40 heavy (non-hydrogen) atoms. The Hall–Kier alpha value is -3.87. The van der Waals surface area contributed by atoms with Gasteiger partial charge in [-0.15, -0.1) is 11.3 Å². The summed E-state index contributed by atoms with van der Waals surface area (Å²) >= 11 is 1.59. The summed E-state index contributed by atoms with van der Waals surface area (Å²) in [6.07, 6.45) is 4.54. The third-order valence-corrected chi connectivity index (χ3v) is 8.50. The number of aliphatic hydroxyl groups excluding tert-OH is 1. The Balaban J connectivity index is 1.68. The van der Waals surface area contributed by atoms with E-state index in [1.54, 1.807) is 35.2 Å². The van der Waals surface area contributed by atoms with Gasteiger partial charge in [0.05, 0.1) is 34.6 Å². The van der Waals surface area contributed by atoms with Crippen molar-refractivity contribution in [2.24, 2.45) is 5.73 Å². The van der Waals surface area contributed by atoms with E-state index in [4.69, 9.17) is 15.7 Å². The van der Waals surface area contributed by atoms with E-state index in [0.29, 0.717) is 53.2 Å². The molecule has 0 saturated carbocycles. The first-order valence-electron chi connectivity index (χ1n) is 13.5. The number of pyridine rings is 1. The molecule has 12 heteroatoms. The maximum Gasteiger partial charge on any atom is 0.249 e. The molecule has 210 valence electrons. The van der Waals surface area contributed by atoms with Gasteiger partial charge in [-0.05, 0) is 49.5 Å². The van der Waals surface area contributed by atoms with Gasteiger partial charge >= 0.3 is 0 Å². The number of carbonyl (C=O) groups is 2. The lowest BCUT2D eigenvalue weighted by atomic mass is 9.94. The maximum absolute atomic E-state index is 12.9. The second-order valence-electron chi connectivity index (χ2n) is 9.71. The number of thiophene rings is 1. The van der Waals surface area contributed by atoms with Crippen molar-refractivity contribution in [3.63, 3.8) is 0 Å². The number of hydrogen-bond donors (Lipinski definition) is 3. The van der Waals surface area contributed by atoms with Crippen molar-refractivity contribution in [2.75, 3.05) is 38.2 Å². The van der Waals surface area contributed by atoms with Crippen LogP contribution in [-0.2, 0) is 11.2 Å². The number of amides is 2.